The highest BCUT2D eigenvalue weighted by Crippen LogP contribution is 2.11. The summed E-state index contributed by atoms with van der Waals surface area (Å²) in [5.41, 5.74) is 7.75. The molecule has 6 nitrogen and oxygen atoms in total. The third-order valence-corrected chi connectivity index (χ3v) is 2.93. The predicted molar refractivity (Wildman–Crippen MR) is 68.8 cm³/mol. The summed E-state index contributed by atoms with van der Waals surface area (Å²) in [7, 11) is 0. The number of aromatic nitrogens is 3. The van der Waals surface area contributed by atoms with Crippen molar-refractivity contribution in [2.75, 3.05) is 5.73 Å². The van der Waals surface area contributed by atoms with Gasteiger partial charge in [-0.1, -0.05) is 0 Å². The number of aryl methyl sites for hydroxylation is 1. The molecule has 0 unspecified atom stereocenters. The predicted octanol–water partition coefficient (Wildman–Crippen LogP) is 0.683. The largest absolute Gasteiger partial charge is 0.375 e. The summed E-state index contributed by atoms with van der Waals surface area (Å²) >= 11 is 1.33. The van der Waals surface area contributed by atoms with Gasteiger partial charge in [-0.2, -0.15) is 0 Å². The molecule has 0 fully saturated rings. The summed E-state index contributed by atoms with van der Waals surface area (Å²) in [6, 6.07) is 0. The second kappa shape index (κ2) is 5.54. The van der Waals surface area contributed by atoms with Crippen molar-refractivity contribution in [3.05, 3.63) is 34.9 Å². The Morgan fingerprint density at radius 3 is 2.83 bits per heavy atom. The van der Waals surface area contributed by atoms with Crippen molar-refractivity contribution in [2.24, 2.45) is 0 Å². The Bertz CT molecular complexity index is 537. The average Bonchev–Trinajstić information content (AvgIpc) is 2.74. The normalized spacial score (nSPS) is 10.3. The smallest absolute Gasteiger partial charge is 0.226 e. The van der Waals surface area contributed by atoms with Gasteiger partial charge >= 0.3 is 0 Å². The fourth-order valence-electron chi connectivity index (χ4n) is 1.33. The Morgan fingerprint density at radius 2 is 2.22 bits per heavy atom. The van der Waals surface area contributed by atoms with Crippen LogP contribution in [0.15, 0.2) is 17.8 Å². The summed E-state index contributed by atoms with van der Waals surface area (Å²) < 4.78 is 0. The minimum Gasteiger partial charge on any atom is -0.375 e. The minimum absolute atomic E-state index is 0.109. The maximum atomic E-state index is 11.6. The standard InChI is InChI=1S/C11H13N5OS/c1-7-3-14-9(4-13-7)5-15-10(17)2-8-6-18-11(12)16-8/h3-4,6H,2,5H2,1H3,(H2,12,16)(H,15,17). The topological polar surface area (TPSA) is 93.8 Å². The fourth-order valence-corrected chi connectivity index (χ4v) is 1.89. The number of carbonyl (C=O) groups is 1. The van der Waals surface area contributed by atoms with Crippen molar-refractivity contribution < 1.29 is 4.79 Å². The molecule has 0 aliphatic carbocycles. The molecule has 0 saturated carbocycles. The van der Waals surface area contributed by atoms with E-state index in [0.29, 0.717) is 17.4 Å². The monoisotopic (exact) mass is 263 g/mol. The Labute approximate surface area is 108 Å². The quantitative estimate of drug-likeness (QED) is 0.846. The molecule has 3 N–H and O–H groups in total. The summed E-state index contributed by atoms with van der Waals surface area (Å²) in [5.74, 6) is -0.109. The van der Waals surface area contributed by atoms with Gasteiger partial charge in [0.15, 0.2) is 5.13 Å². The van der Waals surface area contributed by atoms with Crippen LogP contribution in [0.5, 0.6) is 0 Å². The van der Waals surface area contributed by atoms with Gasteiger partial charge in [0.1, 0.15) is 0 Å². The Hall–Kier alpha value is -2.02. The van der Waals surface area contributed by atoms with Gasteiger partial charge < -0.3 is 11.1 Å². The van der Waals surface area contributed by atoms with Crippen molar-refractivity contribution in [3.63, 3.8) is 0 Å². The van der Waals surface area contributed by atoms with Crippen LogP contribution in [0.4, 0.5) is 5.13 Å². The molecule has 2 aromatic heterocycles. The Kier molecular flexibility index (Phi) is 3.83. The van der Waals surface area contributed by atoms with Crippen LogP contribution in [-0.4, -0.2) is 20.9 Å². The number of thiazole rings is 1. The van der Waals surface area contributed by atoms with E-state index in [-0.39, 0.29) is 12.3 Å². The molecular weight excluding hydrogens is 250 g/mol. The molecule has 1 amide bonds. The number of amides is 1. The third-order valence-electron chi connectivity index (χ3n) is 2.21. The highest BCUT2D eigenvalue weighted by Gasteiger charge is 2.06. The van der Waals surface area contributed by atoms with Crippen LogP contribution in [0.1, 0.15) is 17.1 Å². The molecule has 2 rings (SSSR count). The number of nitrogens with two attached hydrogens (primary N) is 1. The second-order valence-corrected chi connectivity index (χ2v) is 4.67. The zero-order chi connectivity index (χ0) is 13.0. The molecule has 0 aliphatic rings. The molecular formula is C11H13N5OS. The molecule has 0 radical (unpaired) electrons. The maximum absolute atomic E-state index is 11.6. The first kappa shape index (κ1) is 12.4. The molecule has 0 aromatic carbocycles. The van der Waals surface area contributed by atoms with Crippen molar-refractivity contribution in [1.29, 1.82) is 0 Å². The third kappa shape index (κ3) is 3.49. The van der Waals surface area contributed by atoms with E-state index in [2.05, 4.69) is 20.3 Å². The van der Waals surface area contributed by atoms with E-state index < -0.39 is 0 Å². The van der Waals surface area contributed by atoms with E-state index in [4.69, 9.17) is 5.73 Å². The summed E-state index contributed by atoms with van der Waals surface area (Å²) in [5, 5.41) is 5.01. The lowest BCUT2D eigenvalue weighted by Crippen LogP contribution is -2.25. The van der Waals surface area contributed by atoms with Crippen LogP contribution in [-0.2, 0) is 17.8 Å². The highest BCUT2D eigenvalue weighted by atomic mass is 32.1. The molecule has 0 aliphatic heterocycles. The number of hydrogen-bond donors (Lipinski definition) is 2. The first-order valence-electron chi connectivity index (χ1n) is 5.37. The summed E-state index contributed by atoms with van der Waals surface area (Å²) in [6.45, 7) is 2.23. The molecule has 2 heterocycles. The van der Waals surface area contributed by atoms with Gasteiger partial charge in [0.2, 0.25) is 5.91 Å². The number of carbonyl (C=O) groups excluding carboxylic acids is 1. The zero-order valence-corrected chi connectivity index (χ0v) is 10.7. The van der Waals surface area contributed by atoms with Crippen LogP contribution < -0.4 is 11.1 Å². The molecule has 7 heteroatoms. The van der Waals surface area contributed by atoms with E-state index in [1.165, 1.54) is 11.3 Å². The number of nitrogens with zero attached hydrogens (tertiary/aromatic N) is 3. The molecule has 0 saturated heterocycles. The van der Waals surface area contributed by atoms with Crippen molar-refractivity contribution >= 4 is 22.4 Å². The van der Waals surface area contributed by atoms with E-state index in [1.807, 2.05) is 6.92 Å². The molecule has 0 spiro atoms. The number of rotatable bonds is 4. The van der Waals surface area contributed by atoms with Crippen molar-refractivity contribution in [2.45, 2.75) is 19.9 Å². The molecule has 94 valence electrons. The van der Waals surface area contributed by atoms with E-state index in [9.17, 15) is 4.79 Å². The molecule has 0 atom stereocenters. The maximum Gasteiger partial charge on any atom is 0.226 e. The first-order valence-corrected chi connectivity index (χ1v) is 6.25. The lowest BCUT2D eigenvalue weighted by atomic mass is 10.3. The second-order valence-electron chi connectivity index (χ2n) is 3.78. The van der Waals surface area contributed by atoms with Gasteiger partial charge in [-0.05, 0) is 6.92 Å². The van der Waals surface area contributed by atoms with Gasteiger partial charge in [-0.15, -0.1) is 11.3 Å². The van der Waals surface area contributed by atoms with Gasteiger partial charge in [0.25, 0.3) is 0 Å². The number of hydrogen-bond acceptors (Lipinski definition) is 6. The van der Waals surface area contributed by atoms with Crippen LogP contribution >= 0.6 is 11.3 Å². The molecule has 2 aromatic rings. The van der Waals surface area contributed by atoms with Crippen LogP contribution in [0.2, 0.25) is 0 Å². The van der Waals surface area contributed by atoms with Crippen LogP contribution in [0, 0.1) is 6.92 Å². The van der Waals surface area contributed by atoms with E-state index >= 15 is 0 Å². The van der Waals surface area contributed by atoms with Crippen molar-refractivity contribution in [1.82, 2.24) is 20.3 Å². The van der Waals surface area contributed by atoms with E-state index in [1.54, 1.807) is 17.8 Å². The van der Waals surface area contributed by atoms with Crippen LogP contribution in [0.25, 0.3) is 0 Å². The van der Waals surface area contributed by atoms with Gasteiger partial charge in [0.05, 0.1) is 36.2 Å². The van der Waals surface area contributed by atoms with Crippen molar-refractivity contribution in [3.8, 4) is 0 Å². The zero-order valence-electron chi connectivity index (χ0n) is 9.88. The number of nitrogen functional groups attached to an aromatic ring is 1. The lowest BCUT2D eigenvalue weighted by Gasteiger charge is -2.03. The van der Waals surface area contributed by atoms with Gasteiger partial charge in [-0.25, -0.2) is 4.98 Å². The summed E-state index contributed by atoms with van der Waals surface area (Å²) in [4.78, 5) is 23.9. The minimum atomic E-state index is -0.109. The lowest BCUT2D eigenvalue weighted by molar-refractivity contribution is -0.120. The fraction of sp³-hybridized carbons (Fsp3) is 0.273. The average molecular weight is 263 g/mol. The SMILES string of the molecule is Cc1cnc(CNC(=O)Cc2csc(N)n2)cn1. The van der Waals surface area contributed by atoms with Gasteiger partial charge in [-0.3, -0.25) is 14.8 Å². The Morgan fingerprint density at radius 1 is 1.39 bits per heavy atom. The van der Waals surface area contributed by atoms with E-state index in [0.717, 1.165) is 11.4 Å². The number of anilines is 1. The Balaban J connectivity index is 1.83. The number of nitrogens with one attached hydrogen (secondary N) is 1. The van der Waals surface area contributed by atoms with Crippen LogP contribution in [0.3, 0.4) is 0 Å². The first-order chi connectivity index (χ1) is 8.63. The molecule has 18 heavy (non-hydrogen) atoms. The highest BCUT2D eigenvalue weighted by molar-refractivity contribution is 7.13. The molecule has 0 bridgehead atoms. The van der Waals surface area contributed by atoms with Gasteiger partial charge in [0, 0.05) is 11.6 Å². The summed E-state index contributed by atoms with van der Waals surface area (Å²) in [6.07, 6.45) is 3.55.